The molecule has 3 heterocycles. The van der Waals surface area contributed by atoms with Gasteiger partial charge in [-0.3, -0.25) is 5.41 Å². The molecule has 0 spiro atoms. The van der Waals surface area contributed by atoms with Gasteiger partial charge in [0.2, 0.25) is 0 Å². The topological polar surface area (TPSA) is 72.2 Å². The molecular formula is C22H28N4OS. The van der Waals surface area contributed by atoms with Gasteiger partial charge < -0.3 is 15.3 Å². The monoisotopic (exact) mass is 396 g/mol. The van der Waals surface area contributed by atoms with E-state index in [1.54, 1.807) is 0 Å². The molecule has 2 aromatic rings. The van der Waals surface area contributed by atoms with Gasteiger partial charge in [0.05, 0.1) is 17.8 Å². The van der Waals surface area contributed by atoms with Crippen molar-refractivity contribution < 1.29 is 5.11 Å². The Morgan fingerprint density at radius 1 is 1.14 bits per heavy atom. The third-order valence-electron chi connectivity index (χ3n) is 5.53. The summed E-state index contributed by atoms with van der Waals surface area (Å²) in [6, 6.07) is 10.2. The third kappa shape index (κ3) is 3.59. The summed E-state index contributed by atoms with van der Waals surface area (Å²) < 4.78 is 0. The lowest BCUT2D eigenvalue weighted by Gasteiger charge is -2.49. The average Bonchev–Trinajstić information content (AvgIpc) is 3.17. The number of hydrogen-bond donors (Lipinski definition) is 3. The van der Waals surface area contributed by atoms with Crippen molar-refractivity contribution in [2.45, 2.75) is 57.7 Å². The molecule has 0 aliphatic carbocycles. The van der Waals surface area contributed by atoms with E-state index in [9.17, 15) is 5.11 Å². The molecule has 3 N–H and O–H groups in total. The van der Waals surface area contributed by atoms with E-state index in [4.69, 9.17) is 10.4 Å². The van der Waals surface area contributed by atoms with Gasteiger partial charge in [-0.1, -0.05) is 30.3 Å². The van der Waals surface area contributed by atoms with Crippen LogP contribution in [0.3, 0.4) is 0 Å². The van der Waals surface area contributed by atoms with Gasteiger partial charge in [0.15, 0.2) is 0 Å². The molecule has 1 saturated heterocycles. The van der Waals surface area contributed by atoms with Crippen LogP contribution < -0.4 is 5.32 Å². The van der Waals surface area contributed by atoms with Gasteiger partial charge in [0.25, 0.3) is 0 Å². The lowest BCUT2D eigenvalue weighted by molar-refractivity contribution is 0.105. The molecule has 6 heteroatoms. The predicted molar refractivity (Wildman–Crippen MR) is 116 cm³/mol. The van der Waals surface area contributed by atoms with E-state index in [1.165, 1.54) is 11.3 Å². The van der Waals surface area contributed by atoms with E-state index in [1.807, 2.05) is 35.7 Å². The summed E-state index contributed by atoms with van der Waals surface area (Å²) >= 11 is 1.49. The molecule has 0 bridgehead atoms. The third-order valence-corrected chi connectivity index (χ3v) is 6.39. The SMILES string of the molecule is CC1(C)CC(N2CC(O)=C(c3nc(-c4ccccc4)cs3)C2=N)CC(C)(C)N1. The molecule has 2 aliphatic rings. The molecule has 0 amide bonds. The highest BCUT2D eigenvalue weighted by molar-refractivity contribution is 7.11. The van der Waals surface area contributed by atoms with Gasteiger partial charge in [0.1, 0.15) is 16.6 Å². The number of amidine groups is 1. The van der Waals surface area contributed by atoms with Crippen LogP contribution >= 0.6 is 11.3 Å². The van der Waals surface area contributed by atoms with E-state index in [0.717, 1.165) is 29.1 Å². The molecule has 0 saturated carbocycles. The summed E-state index contributed by atoms with van der Waals surface area (Å²) in [5.74, 6) is 0.651. The number of nitrogens with one attached hydrogen (secondary N) is 2. The van der Waals surface area contributed by atoms with Crippen molar-refractivity contribution >= 4 is 22.7 Å². The molecule has 0 atom stereocenters. The molecule has 0 radical (unpaired) electrons. The highest BCUT2D eigenvalue weighted by Crippen LogP contribution is 2.38. The van der Waals surface area contributed by atoms with Crippen LogP contribution in [0.15, 0.2) is 41.5 Å². The fourth-order valence-corrected chi connectivity index (χ4v) is 5.65. The van der Waals surface area contributed by atoms with Crippen molar-refractivity contribution in [2.24, 2.45) is 0 Å². The molecule has 4 rings (SSSR count). The van der Waals surface area contributed by atoms with E-state index >= 15 is 0 Å². The van der Waals surface area contributed by atoms with E-state index in [2.05, 4.69) is 37.9 Å². The first kappa shape index (κ1) is 19.2. The number of aromatic nitrogens is 1. The second-order valence-corrected chi connectivity index (χ2v) is 10.0. The first-order valence-electron chi connectivity index (χ1n) is 9.74. The van der Waals surface area contributed by atoms with Gasteiger partial charge in [-0.25, -0.2) is 4.98 Å². The Balaban J connectivity index is 1.59. The predicted octanol–water partition coefficient (Wildman–Crippen LogP) is 4.68. The molecule has 28 heavy (non-hydrogen) atoms. The maximum absolute atomic E-state index is 10.7. The highest BCUT2D eigenvalue weighted by Gasteiger charge is 2.43. The van der Waals surface area contributed by atoms with E-state index < -0.39 is 0 Å². The molecule has 1 fully saturated rings. The zero-order chi connectivity index (χ0) is 20.1. The summed E-state index contributed by atoms with van der Waals surface area (Å²) in [7, 11) is 0. The fraction of sp³-hybridized carbons (Fsp3) is 0.455. The molecular weight excluding hydrogens is 368 g/mol. The minimum Gasteiger partial charge on any atom is -0.510 e. The van der Waals surface area contributed by atoms with Gasteiger partial charge in [-0.15, -0.1) is 11.3 Å². The van der Waals surface area contributed by atoms with Crippen molar-refractivity contribution in [1.29, 1.82) is 5.41 Å². The van der Waals surface area contributed by atoms with Crippen molar-refractivity contribution in [2.75, 3.05) is 6.54 Å². The second kappa shape index (κ2) is 6.71. The fourth-order valence-electron chi connectivity index (χ4n) is 4.76. The van der Waals surface area contributed by atoms with E-state index in [0.29, 0.717) is 18.0 Å². The number of aliphatic hydroxyl groups excluding tert-OH is 1. The Kier molecular flexibility index (Phi) is 4.59. The van der Waals surface area contributed by atoms with Crippen LogP contribution in [0.4, 0.5) is 0 Å². The molecule has 1 aromatic heterocycles. The number of piperidine rings is 1. The first-order valence-corrected chi connectivity index (χ1v) is 10.6. The largest absolute Gasteiger partial charge is 0.510 e. The number of benzene rings is 1. The van der Waals surface area contributed by atoms with Crippen LogP contribution in [0.5, 0.6) is 0 Å². The minimum atomic E-state index is -0.00721. The molecule has 0 unspecified atom stereocenters. The molecule has 148 valence electrons. The Morgan fingerprint density at radius 2 is 1.79 bits per heavy atom. The zero-order valence-corrected chi connectivity index (χ0v) is 17.7. The number of nitrogens with zero attached hydrogens (tertiary/aromatic N) is 2. The molecule has 1 aromatic carbocycles. The number of rotatable bonds is 3. The van der Waals surface area contributed by atoms with Gasteiger partial charge >= 0.3 is 0 Å². The van der Waals surface area contributed by atoms with Crippen LogP contribution in [-0.4, -0.2) is 44.5 Å². The van der Waals surface area contributed by atoms with Crippen LogP contribution in [0.2, 0.25) is 0 Å². The van der Waals surface area contributed by atoms with Crippen molar-refractivity contribution in [3.63, 3.8) is 0 Å². The smallest absolute Gasteiger partial charge is 0.135 e. The Labute approximate surface area is 170 Å². The summed E-state index contributed by atoms with van der Waals surface area (Å²) in [6.45, 7) is 9.23. The minimum absolute atomic E-state index is 0.00721. The van der Waals surface area contributed by atoms with Crippen molar-refractivity contribution in [3.8, 4) is 11.3 Å². The quantitative estimate of drug-likeness (QED) is 0.704. The lowest BCUT2D eigenvalue weighted by atomic mass is 9.79. The van der Waals surface area contributed by atoms with E-state index in [-0.39, 0.29) is 22.9 Å². The molecule has 5 nitrogen and oxygen atoms in total. The maximum Gasteiger partial charge on any atom is 0.135 e. The molecule has 2 aliphatic heterocycles. The summed E-state index contributed by atoms with van der Waals surface area (Å²) in [4.78, 5) is 6.78. The Bertz CT molecular complexity index is 913. The normalized spacial score (nSPS) is 22.1. The van der Waals surface area contributed by atoms with Crippen molar-refractivity contribution in [3.05, 3.63) is 46.5 Å². The Hall–Kier alpha value is -2.18. The standard InChI is InChI=1S/C22H28N4OS/c1-21(2)10-15(11-22(3,4)25-21)26-12-17(27)18(19(26)23)20-24-16(13-28-20)14-8-6-5-7-9-14/h5-9,13,15,23,25,27H,10-12H2,1-4H3. The summed E-state index contributed by atoms with van der Waals surface area (Å²) in [6.07, 6.45) is 1.87. The second-order valence-electron chi connectivity index (χ2n) is 9.16. The van der Waals surface area contributed by atoms with Crippen LogP contribution in [0, 0.1) is 5.41 Å². The van der Waals surface area contributed by atoms with Gasteiger partial charge in [-0.2, -0.15) is 0 Å². The summed E-state index contributed by atoms with van der Waals surface area (Å²) in [5.41, 5.74) is 2.50. The van der Waals surface area contributed by atoms with Crippen molar-refractivity contribution in [1.82, 2.24) is 15.2 Å². The van der Waals surface area contributed by atoms with Crippen LogP contribution in [0.25, 0.3) is 16.8 Å². The summed E-state index contributed by atoms with van der Waals surface area (Å²) in [5, 5.41) is 25.9. The van der Waals surface area contributed by atoms with Gasteiger partial charge in [0, 0.05) is 28.1 Å². The number of hydrogen-bond acceptors (Lipinski definition) is 5. The highest BCUT2D eigenvalue weighted by atomic mass is 32.1. The first-order chi connectivity index (χ1) is 13.2. The van der Waals surface area contributed by atoms with Crippen LogP contribution in [-0.2, 0) is 0 Å². The lowest BCUT2D eigenvalue weighted by Crippen LogP contribution is -2.62. The number of aliphatic hydroxyl groups is 1. The number of thiazole rings is 1. The maximum atomic E-state index is 10.7. The zero-order valence-electron chi connectivity index (χ0n) is 16.9. The Morgan fingerprint density at radius 3 is 2.43 bits per heavy atom. The van der Waals surface area contributed by atoms with Gasteiger partial charge in [-0.05, 0) is 40.5 Å². The average molecular weight is 397 g/mol. The van der Waals surface area contributed by atoms with Crippen LogP contribution in [0.1, 0.15) is 45.5 Å².